The van der Waals surface area contributed by atoms with Crippen molar-refractivity contribution < 1.29 is 18.7 Å². The molecule has 2 amide bonds. The average Bonchev–Trinajstić information content (AvgIpc) is 3.24. The van der Waals surface area contributed by atoms with Gasteiger partial charge < -0.3 is 19.4 Å². The molecule has 0 bridgehead atoms. The summed E-state index contributed by atoms with van der Waals surface area (Å²) >= 11 is 0. The zero-order valence-corrected chi connectivity index (χ0v) is 14.1. The maximum Gasteiger partial charge on any atom is 0.225 e. The van der Waals surface area contributed by atoms with E-state index in [-0.39, 0.29) is 30.2 Å². The fourth-order valence-corrected chi connectivity index (χ4v) is 3.23. The number of nitrogens with zero attached hydrogens (tertiary/aromatic N) is 2. The molecule has 0 spiro atoms. The number of morpholine rings is 1. The number of hydrogen-bond acceptors (Lipinski definition) is 5. The van der Waals surface area contributed by atoms with Crippen LogP contribution in [0, 0.1) is 5.92 Å². The highest BCUT2D eigenvalue weighted by Crippen LogP contribution is 2.20. The number of amides is 2. The molecule has 3 rings (SSSR count). The summed E-state index contributed by atoms with van der Waals surface area (Å²) in [4.78, 5) is 28.5. The van der Waals surface area contributed by atoms with Gasteiger partial charge >= 0.3 is 0 Å². The lowest BCUT2D eigenvalue weighted by Gasteiger charge is -2.32. The van der Waals surface area contributed by atoms with Crippen molar-refractivity contribution in [3.05, 3.63) is 24.2 Å². The predicted octanol–water partition coefficient (Wildman–Crippen LogP) is 0.465. The molecule has 0 saturated carbocycles. The number of carbonyl (C=O) groups excluding carboxylic acids is 2. The molecule has 1 aromatic heterocycles. The number of rotatable bonds is 6. The minimum Gasteiger partial charge on any atom is -0.467 e. The Morgan fingerprint density at radius 2 is 2.21 bits per heavy atom. The Morgan fingerprint density at radius 1 is 1.42 bits per heavy atom. The highest BCUT2D eigenvalue weighted by Gasteiger charge is 2.34. The number of carbonyl (C=O) groups is 2. The van der Waals surface area contributed by atoms with Gasteiger partial charge in [-0.3, -0.25) is 14.5 Å². The van der Waals surface area contributed by atoms with E-state index in [1.807, 2.05) is 6.07 Å². The van der Waals surface area contributed by atoms with E-state index >= 15 is 0 Å². The zero-order valence-electron chi connectivity index (χ0n) is 14.1. The third-order valence-corrected chi connectivity index (χ3v) is 4.75. The summed E-state index contributed by atoms with van der Waals surface area (Å²) in [5.74, 6) is 0.438. The molecule has 0 aromatic carbocycles. The Bertz CT molecular complexity index is 554. The van der Waals surface area contributed by atoms with E-state index < -0.39 is 0 Å². The van der Waals surface area contributed by atoms with Gasteiger partial charge in [0.25, 0.3) is 0 Å². The second kappa shape index (κ2) is 7.81. The molecule has 2 fully saturated rings. The van der Waals surface area contributed by atoms with E-state index in [0.29, 0.717) is 19.6 Å². The van der Waals surface area contributed by atoms with Crippen LogP contribution >= 0.6 is 0 Å². The summed E-state index contributed by atoms with van der Waals surface area (Å²) in [5.41, 5.74) is 0. The van der Waals surface area contributed by atoms with Crippen molar-refractivity contribution in [2.24, 2.45) is 5.92 Å². The van der Waals surface area contributed by atoms with Crippen molar-refractivity contribution in [2.45, 2.75) is 25.9 Å². The Balaban J connectivity index is 1.44. The third kappa shape index (κ3) is 4.15. The van der Waals surface area contributed by atoms with Gasteiger partial charge in [0, 0.05) is 38.6 Å². The Kier molecular flexibility index (Phi) is 5.52. The van der Waals surface area contributed by atoms with E-state index in [9.17, 15) is 9.59 Å². The monoisotopic (exact) mass is 335 g/mol. The van der Waals surface area contributed by atoms with Crippen LogP contribution in [-0.2, 0) is 20.9 Å². The summed E-state index contributed by atoms with van der Waals surface area (Å²) in [5, 5.41) is 3.00. The van der Waals surface area contributed by atoms with Crippen LogP contribution in [0.2, 0.25) is 0 Å². The molecule has 1 aromatic rings. The van der Waals surface area contributed by atoms with Crippen LogP contribution in [0.3, 0.4) is 0 Å². The maximum absolute atomic E-state index is 12.4. The van der Waals surface area contributed by atoms with E-state index in [0.717, 1.165) is 32.1 Å². The lowest BCUT2D eigenvalue weighted by atomic mass is 10.1. The quantitative estimate of drug-likeness (QED) is 0.818. The molecule has 0 unspecified atom stereocenters. The van der Waals surface area contributed by atoms with Crippen LogP contribution < -0.4 is 5.32 Å². The van der Waals surface area contributed by atoms with Gasteiger partial charge in [-0.25, -0.2) is 0 Å². The average molecular weight is 335 g/mol. The van der Waals surface area contributed by atoms with Crippen LogP contribution in [-0.4, -0.2) is 67.0 Å². The topological polar surface area (TPSA) is 75.0 Å². The Labute approximate surface area is 141 Å². The van der Waals surface area contributed by atoms with E-state index in [2.05, 4.69) is 17.1 Å². The van der Waals surface area contributed by atoms with Gasteiger partial charge in [0.15, 0.2) is 0 Å². The van der Waals surface area contributed by atoms with E-state index in [4.69, 9.17) is 9.15 Å². The summed E-state index contributed by atoms with van der Waals surface area (Å²) in [6.07, 6.45) is 1.87. The van der Waals surface area contributed by atoms with Gasteiger partial charge in [-0.1, -0.05) is 0 Å². The van der Waals surface area contributed by atoms with Gasteiger partial charge in [0.05, 0.1) is 31.9 Å². The fraction of sp³-hybridized carbons (Fsp3) is 0.647. The van der Waals surface area contributed by atoms with Gasteiger partial charge in [-0.05, 0) is 19.1 Å². The van der Waals surface area contributed by atoms with Crippen molar-refractivity contribution in [1.29, 1.82) is 0 Å². The largest absolute Gasteiger partial charge is 0.467 e. The molecule has 7 nitrogen and oxygen atoms in total. The van der Waals surface area contributed by atoms with Gasteiger partial charge in [0.2, 0.25) is 11.8 Å². The van der Waals surface area contributed by atoms with Crippen molar-refractivity contribution >= 4 is 11.8 Å². The number of hydrogen-bond donors (Lipinski definition) is 1. The molecule has 7 heteroatoms. The SMILES string of the molecule is C[C@@H](CNC(=O)[C@@H]1CC(=O)N(Cc2ccco2)C1)N1CCOCC1. The van der Waals surface area contributed by atoms with Gasteiger partial charge in [-0.2, -0.15) is 0 Å². The van der Waals surface area contributed by atoms with Crippen molar-refractivity contribution in [2.75, 3.05) is 39.4 Å². The summed E-state index contributed by atoms with van der Waals surface area (Å²) < 4.78 is 10.6. The van der Waals surface area contributed by atoms with Gasteiger partial charge in [0.1, 0.15) is 5.76 Å². The second-order valence-corrected chi connectivity index (χ2v) is 6.50. The first-order chi connectivity index (χ1) is 11.6. The molecule has 132 valence electrons. The number of furan rings is 1. The minimum absolute atomic E-state index is 0.00720. The first-order valence-corrected chi connectivity index (χ1v) is 8.53. The first-order valence-electron chi connectivity index (χ1n) is 8.53. The number of nitrogens with one attached hydrogen (secondary N) is 1. The normalized spacial score (nSPS) is 23.5. The maximum atomic E-state index is 12.4. The van der Waals surface area contributed by atoms with Crippen LogP contribution in [0.1, 0.15) is 19.1 Å². The molecule has 3 heterocycles. The predicted molar refractivity (Wildman–Crippen MR) is 87.1 cm³/mol. The molecule has 0 radical (unpaired) electrons. The van der Waals surface area contributed by atoms with Crippen molar-refractivity contribution in [3.8, 4) is 0 Å². The lowest BCUT2D eigenvalue weighted by Crippen LogP contribution is -2.48. The van der Waals surface area contributed by atoms with E-state index in [1.165, 1.54) is 0 Å². The fourth-order valence-electron chi connectivity index (χ4n) is 3.23. The summed E-state index contributed by atoms with van der Waals surface area (Å²) in [6, 6.07) is 3.91. The third-order valence-electron chi connectivity index (χ3n) is 4.75. The molecule has 1 N–H and O–H groups in total. The van der Waals surface area contributed by atoms with Crippen molar-refractivity contribution in [3.63, 3.8) is 0 Å². The van der Waals surface area contributed by atoms with Crippen LogP contribution in [0.5, 0.6) is 0 Å². The molecule has 24 heavy (non-hydrogen) atoms. The number of ether oxygens (including phenoxy) is 1. The molecule has 0 aliphatic carbocycles. The molecule has 2 aliphatic rings. The lowest BCUT2D eigenvalue weighted by molar-refractivity contribution is -0.129. The standard InChI is InChI=1S/C17H25N3O4/c1-13(19-4-7-23-8-5-19)10-18-17(22)14-9-16(21)20(11-14)12-15-3-2-6-24-15/h2-3,6,13-14H,4-5,7-12H2,1H3,(H,18,22)/t13-,14+/m0/s1. The zero-order chi connectivity index (χ0) is 16.9. The van der Waals surface area contributed by atoms with Crippen molar-refractivity contribution in [1.82, 2.24) is 15.1 Å². The number of likely N-dealkylation sites (tertiary alicyclic amines) is 1. The van der Waals surface area contributed by atoms with Crippen LogP contribution in [0.25, 0.3) is 0 Å². The second-order valence-electron chi connectivity index (χ2n) is 6.50. The Hall–Kier alpha value is -1.86. The summed E-state index contributed by atoms with van der Waals surface area (Å²) in [7, 11) is 0. The molecule has 2 atom stereocenters. The Morgan fingerprint density at radius 3 is 2.92 bits per heavy atom. The first kappa shape index (κ1) is 17.0. The molecular weight excluding hydrogens is 310 g/mol. The smallest absolute Gasteiger partial charge is 0.225 e. The van der Waals surface area contributed by atoms with E-state index in [1.54, 1.807) is 17.2 Å². The highest BCUT2D eigenvalue weighted by molar-refractivity contribution is 5.89. The van der Waals surface area contributed by atoms with Gasteiger partial charge in [-0.15, -0.1) is 0 Å². The van der Waals surface area contributed by atoms with Crippen LogP contribution in [0.15, 0.2) is 22.8 Å². The molecule has 2 saturated heterocycles. The summed E-state index contributed by atoms with van der Waals surface area (Å²) in [6.45, 7) is 6.88. The molecular formula is C17H25N3O4. The molecule has 2 aliphatic heterocycles. The highest BCUT2D eigenvalue weighted by atomic mass is 16.5. The minimum atomic E-state index is -0.274. The van der Waals surface area contributed by atoms with Crippen LogP contribution in [0.4, 0.5) is 0 Å².